The van der Waals surface area contributed by atoms with Crippen molar-refractivity contribution < 1.29 is 19.1 Å². The molecule has 0 bridgehead atoms. The van der Waals surface area contributed by atoms with Gasteiger partial charge in [-0.1, -0.05) is 12.2 Å². The number of ether oxygens (including phenoxy) is 2. The molecule has 2 aliphatic rings. The van der Waals surface area contributed by atoms with Crippen LogP contribution in [0.3, 0.4) is 0 Å². The number of aryl methyl sites for hydroxylation is 1. The summed E-state index contributed by atoms with van der Waals surface area (Å²) in [7, 11) is 3.24. The van der Waals surface area contributed by atoms with E-state index < -0.39 is 0 Å². The average Bonchev–Trinajstić information content (AvgIpc) is 3.39. The molecule has 0 atom stereocenters. The molecule has 0 saturated heterocycles. The van der Waals surface area contributed by atoms with Gasteiger partial charge in [-0.2, -0.15) is 5.10 Å². The predicted molar refractivity (Wildman–Crippen MR) is 148 cm³/mol. The van der Waals surface area contributed by atoms with E-state index in [1.807, 2.05) is 59.8 Å². The van der Waals surface area contributed by atoms with E-state index in [4.69, 9.17) is 14.6 Å². The number of benzene rings is 1. The number of amides is 2. The molecule has 8 nitrogen and oxygen atoms in total. The summed E-state index contributed by atoms with van der Waals surface area (Å²) < 4.78 is 12.8. The second-order valence-electron chi connectivity index (χ2n) is 9.91. The molecule has 204 valence electrons. The largest absolute Gasteiger partial charge is 0.493 e. The maximum atomic E-state index is 13.3. The SMILES string of the molecule is CCN(CC)C(=O)C1CCC(NC(=O)c2cc3n(n2)/C(c2ccc(OC)c(OC)c2)=C\C=C/CCC3)CC1. The van der Waals surface area contributed by atoms with Gasteiger partial charge < -0.3 is 19.7 Å². The van der Waals surface area contributed by atoms with E-state index in [1.54, 1.807) is 14.2 Å². The van der Waals surface area contributed by atoms with Crippen molar-refractivity contribution in [3.8, 4) is 11.5 Å². The minimum absolute atomic E-state index is 0.0551. The Morgan fingerprint density at radius 3 is 2.47 bits per heavy atom. The minimum atomic E-state index is -0.164. The monoisotopic (exact) mass is 520 g/mol. The summed E-state index contributed by atoms with van der Waals surface area (Å²) >= 11 is 0. The molecular weight excluding hydrogens is 480 g/mol. The summed E-state index contributed by atoms with van der Waals surface area (Å²) in [5, 5.41) is 7.96. The first-order chi connectivity index (χ1) is 18.5. The lowest BCUT2D eigenvalue weighted by atomic mass is 9.85. The van der Waals surface area contributed by atoms with E-state index in [1.165, 1.54) is 0 Å². The van der Waals surface area contributed by atoms with Crippen molar-refractivity contribution in [2.24, 2.45) is 5.92 Å². The summed E-state index contributed by atoms with van der Waals surface area (Å²) in [5.41, 5.74) is 3.20. The third kappa shape index (κ3) is 6.11. The van der Waals surface area contributed by atoms with Crippen LogP contribution in [0.2, 0.25) is 0 Å². The summed E-state index contributed by atoms with van der Waals surface area (Å²) in [4.78, 5) is 27.9. The molecule has 1 N–H and O–H groups in total. The highest BCUT2D eigenvalue weighted by Crippen LogP contribution is 2.32. The first-order valence-electron chi connectivity index (χ1n) is 13.8. The van der Waals surface area contributed by atoms with Crippen LogP contribution >= 0.6 is 0 Å². The Bertz CT molecular complexity index is 1190. The Hall–Kier alpha value is -3.55. The lowest BCUT2D eigenvalue weighted by molar-refractivity contribution is -0.136. The van der Waals surface area contributed by atoms with Crippen molar-refractivity contribution >= 4 is 17.5 Å². The van der Waals surface area contributed by atoms with Crippen molar-refractivity contribution in [1.82, 2.24) is 20.0 Å². The lowest BCUT2D eigenvalue weighted by Gasteiger charge is -2.31. The van der Waals surface area contributed by atoms with Crippen LogP contribution < -0.4 is 14.8 Å². The molecule has 1 aliphatic carbocycles. The fourth-order valence-electron chi connectivity index (χ4n) is 5.40. The van der Waals surface area contributed by atoms with Crippen molar-refractivity contribution in [2.45, 2.75) is 64.8 Å². The molecule has 0 spiro atoms. The molecule has 2 aromatic rings. The highest BCUT2D eigenvalue weighted by atomic mass is 16.5. The van der Waals surface area contributed by atoms with Gasteiger partial charge in [-0.15, -0.1) is 0 Å². The van der Waals surface area contributed by atoms with Gasteiger partial charge in [0.15, 0.2) is 17.2 Å². The number of methoxy groups -OCH3 is 2. The quantitative estimate of drug-likeness (QED) is 0.538. The zero-order chi connectivity index (χ0) is 27.1. The number of hydrogen-bond donors (Lipinski definition) is 1. The number of aromatic nitrogens is 2. The Kier molecular flexibility index (Phi) is 9.26. The maximum absolute atomic E-state index is 13.3. The Labute approximate surface area is 225 Å². The highest BCUT2D eigenvalue weighted by molar-refractivity contribution is 5.93. The number of hydrogen-bond acceptors (Lipinski definition) is 5. The molecule has 2 amide bonds. The van der Waals surface area contributed by atoms with Gasteiger partial charge in [0.2, 0.25) is 5.91 Å². The standard InChI is InChI=1S/C30H40N4O4/c1-5-33(6-2)30(36)21-13-16-23(17-14-21)31-29(35)25-20-24-11-9-7-8-10-12-26(34(24)32-25)22-15-18-27(37-3)28(19-22)38-4/h8,10,12,15,18-21,23H,5-7,9,11,13-14,16-17H2,1-4H3,(H,31,35)/b10-8-,26-12-. The van der Waals surface area contributed by atoms with Crippen LogP contribution in [0, 0.1) is 5.92 Å². The van der Waals surface area contributed by atoms with E-state index in [0.29, 0.717) is 17.2 Å². The average molecular weight is 521 g/mol. The number of rotatable bonds is 8. The molecule has 1 aliphatic heterocycles. The Morgan fingerprint density at radius 2 is 1.79 bits per heavy atom. The maximum Gasteiger partial charge on any atom is 0.272 e. The number of carbonyl (C=O) groups excluding carboxylic acids is 2. The van der Waals surface area contributed by atoms with E-state index in [0.717, 1.165) is 75.0 Å². The summed E-state index contributed by atoms with van der Waals surface area (Å²) in [6.07, 6.45) is 12.2. The summed E-state index contributed by atoms with van der Waals surface area (Å²) in [5.74, 6) is 1.43. The van der Waals surface area contributed by atoms with Gasteiger partial charge in [0.05, 0.1) is 19.9 Å². The van der Waals surface area contributed by atoms with E-state index in [9.17, 15) is 9.59 Å². The zero-order valence-electron chi connectivity index (χ0n) is 23.0. The van der Waals surface area contributed by atoms with E-state index in [-0.39, 0.29) is 23.8 Å². The van der Waals surface area contributed by atoms with Crippen LogP contribution in [0.25, 0.3) is 5.70 Å². The number of nitrogens with zero attached hydrogens (tertiary/aromatic N) is 3. The molecule has 1 aromatic carbocycles. The third-order valence-electron chi connectivity index (χ3n) is 7.60. The molecule has 2 heterocycles. The van der Waals surface area contributed by atoms with E-state index >= 15 is 0 Å². The van der Waals surface area contributed by atoms with Crippen LogP contribution in [0.1, 0.15) is 74.1 Å². The number of nitrogens with one attached hydrogen (secondary N) is 1. The number of carbonyl (C=O) groups is 2. The van der Waals surface area contributed by atoms with Crippen molar-refractivity contribution in [3.05, 3.63) is 59.4 Å². The predicted octanol–water partition coefficient (Wildman–Crippen LogP) is 4.84. The Balaban J connectivity index is 1.51. The zero-order valence-corrected chi connectivity index (χ0v) is 23.0. The van der Waals surface area contributed by atoms with Crippen molar-refractivity contribution in [1.29, 1.82) is 0 Å². The third-order valence-corrected chi connectivity index (χ3v) is 7.60. The Morgan fingerprint density at radius 1 is 1.05 bits per heavy atom. The molecule has 8 heteroatoms. The molecule has 0 unspecified atom stereocenters. The normalized spacial score (nSPS) is 21.5. The van der Waals surface area contributed by atoms with Crippen LogP contribution in [-0.2, 0) is 11.2 Å². The fourth-order valence-corrected chi connectivity index (χ4v) is 5.40. The van der Waals surface area contributed by atoms with Crippen molar-refractivity contribution in [2.75, 3.05) is 27.3 Å². The van der Waals surface area contributed by atoms with Gasteiger partial charge in [0.25, 0.3) is 5.91 Å². The van der Waals surface area contributed by atoms with Gasteiger partial charge in [-0.25, -0.2) is 4.68 Å². The molecule has 1 aromatic heterocycles. The fraction of sp³-hybridized carbons (Fsp3) is 0.500. The minimum Gasteiger partial charge on any atom is -0.493 e. The number of allylic oxidation sites excluding steroid dienone is 3. The van der Waals surface area contributed by atoms with Crippen LogP contribution in [-0.4, -0.2) is 59.8 Å². The second kappa shape index (κ2) is 12.8. The number of fused-ring (bicyclic) bond motifs is 1. The molecule has 38 heavy (non-hydrogen) atoms. The van der Waals surface area contributed by atoms with Gasteiger partial charge in [0.1, 0.15) is 0 Å². The van der Waals surface area contributed by atoms with Gasteiger partial charge >= 0.3 is 0 Å². The highest BCUT2D eigenvalue weighted by Gasteiger charge is 2.30. The summed E-state index contributed by atoms with van der Waals surface area (Å²) in [6, 6.07) is 7.75. The molecular formula is C30H40N4O4. The smallest absolute Gasteiger partial charge is 0.272 e. The van der Waals surface area contributed by atoms with Gasteiger partial charge in [0, 0.05) is 36.3 Å². The first kappa shape index (κ1) is 27.5. The second-order valence-corrected chi connectivity index (χ2v) is 9.91. The molecule has 1 saturated carbocycles. The lowest BCUT2D eigenvalue weighted by Crippen LogP contribution is -2.42. The van der Waals surface area contributed by atoms with E-state index in [2.05, 4.69) is 11.4 Å². The molecule has 0 radical (unpaired) electrons. The first-order valence-corrected chi connectivity index (χ1v) is 13.8. The van der Waals surface area contributed by atoms with Crippen LogP contribution in [0.15, 0.2) is 42.5 Å². The van der Waals surface area contributed by atoms with Crippen molar-refractivity contribution in [3.63, 3.8) is 0 Å². The topological polar surface area (TPSA) is 85.7 Å². The molecule has 1 fully saturated rings. The summed E-state index contributed by atoms with van der Waals surface area (Å²) in [6.45, 7) is 5.52. The van der Waals surface area contributed by atoms with Crippen LogP contribution in [0.5, 0.6) is 11.5 Å². The van der Waals surface area contributed by atoms with Gasteiger partial charge in [-0.3, -0.25) is 9.59 Å². The molecule has 4 rings (SSSR count). The van der Waals surface area contributed by atoms with Crippen LogP contribution in [0.4, 0.5) is 0 Å². The van der Waals surface area contributed by atoms with Gasteiger partial charge in [-0.05, 0) is 89.1 Å².